The molecule has 0 amide bonds. The number of carboxylic acid groups (broad SMARTS) is 1. The summed E-state index contributed by atoms with van der Waals surface area (Å²) < 4.78 is 16.9. The first-order valence-electron chi connectivity index (χ1n) is 16.7. The molecule has 0 spiro atoms. The first-order valence-corrected chi connectivity index (χ1v) is 16.7. The Kier molecular flexibility index (Phi) is 26.1. The number of hydrogen-bond acceptors (Lipinski definition) is 7. The molecule has 0 aliphatic rings. The van der Waals surface area contributed by atoms with Gasteiger partial charge in [-0.25, -0.2) is 0 Å². The fourth-order valence-corrected chi connectivity index (χ4v) is 4.32. The second-order valence-electron chi connectivity index (χ2n) is 12.0. The lowest BCUT2D eigenvalue weighted by Gasteiger charge is -2.34. The van der Waals surface area contributed by atoms with Crippen molar-refractivity contribution in [2.75, 3.05) is 41.0 Å². The number of esters is 2. The van der Waals surface area contributed by atoms with E-state index in [0.29, 0.717) is 12.8 Å². The van der Waals surface area contributed by atoms with Crippen LogP contribution in [0.15, 0.2) is 48.6 Å². The van der Waals surface area contributed by atoms with Crippen LogP contribution in [0.4, 0.5) is 0 Å². The van der Waals surface area contributed by atoms with E-state index in [9.17, 15) is 19.5 Å². The topological polar surface area (TPSA) is 102 Å². The van der Waals surface area contributed by atoms with Crippen LogP contribution in [0.5, 0.6) is 0 Å². The highest BCUT2D eigenvalue weighted by Gasteiger charge is 2.25. The van der Waals surface area contributed by atoms with E-state index in [1.807, 2.05) is 0 Å². The SMILES string of the molecule is CC/C=C/C/C=C/CCCCC(=O)OCC(COCCC(C(=O)[O-])[N+](C)(C)C)OC(=O)CCCCC/C=C/C=C/CCCC. The largest absolute Gasteiger partial charge is 0.544 e. The lowest BCUT2D eigenvalue weighted by molar-refractivity contribution is -0.889. The number of aliphatic carboxylic acids is 1. The Morgan fingerprint density at radius 2 is 1.34 bits per heavy atom. The Morgan fingerprint density at radius 3 is 2.00 bits per heavy atom. The third-order valence-electron chi connectivity index (χ3n) is 6.98. The molecule has 0 aromatic rings. The predicted octanol–water partition coefficient (Wildman–Crippen LogP) is 6.40. The Bertz CT molecular complexity index is 870. The molecule has 0 saturated carbocycles. The van der Waals surface area contributed by atoms with Crippen LogP contribution in [0.25, 0.3) is 0 Å². The molecule has 252 valence electrons. The molecule has 0 bridgehead atoms. The standard InChI is InChI=1S/C36H61NO7/c1-6-8-10-12-14-16-17-19-21-23-25-27-35(39)44-32(30-42-29-28-33(36(40)41)37(3,4)5)31-43-34(38)26-24-22-20-18-15-13-11-9-7-2/h9,11-12,14-18,32-33H,6-8,10,13,19-31H2,1-5H3/b11-9+,14-12+,17-16+,18-15+. The summed E-state index contributed by atoms with van der Waals surface area (Å²) in [5.74, 6) is -1.83. The molecule has 2 atom stereocenters. The Morgan fingerprint density at radius 1 is 0.727 bits per heavy atom. The number of unbranched alkanes of at least 4 members (excludes halogenated alkanes) is 7. The molecule has 0 fully saturated rings. The molecule has 0 saturated heterocycles. The summed E-state index contributed by atoms with van der Waals surface area (Å²) in [6.45, 7) is 4.37. The molecule has 2 unspecified atom stereocenters. The van der Waals surface area contributed by atoms with Gasteiger partial charge in [0.1, 0.15) is 12.6 Å². The van der Waals surface area contributed by atoms with Crippen molar-refractivity contribution in [2.45, 2.75) is 122 Å². The van der Waals surface area contributed by atoms with E-state index in [1.54, 1.807) is 21.1 Å². The smallest absolute Gasteiger partial charge is 0.306 e. The Labute approximate surface area is 267 Å². The second kappa shape index (κ2) is 27.8. The molecule has 0 rings (SSSR count). The summed E-state index contributed by atoms with van der Waals surface area (Å²) in [5, 5.41) is 11.5. The maximum Gasteiger partial charge on any atom is 0.306 e. The highest BCUT2D eigenvalue weighted by molar-refractivity contribution is 5.70. The monoisotopic (exact) mass is 619 g/mol. The molecule has 0 radical (unpaired) electrons. The van der Waals surface area contributed by atoms with Crippen LogP contribution in [0.3, 0.4) is 0 Å². The van der Waals surface area contributed by atoms with Crippen LogP contribution in [0.1, 0.15) is 110 Å². The van der Waals surface area contributed by atoms with Gasteiger partial charge in [-0.05, 0) is 57.8 Å². The summed E-state index contributed by atoms with van der Waals surface area (Å²) in [4.78, 5) is 36.4. The van der Waals surface area contributed by atoms with Crippen LogP contribution in [-0.4, -0.2) is 75.5 Å². The average molecular weight is 620 g/mol. The van der Waals surface area contributed by atoms with Crippen molar-refractivity contribution >= 4 is 17.9 Å². The fraction of sp³-hybridized carbons (Fsp3) is 0.694. The Balaban J connectivity index is 4.60. The number of allylic oxidation sites excluding steroid dienone is 8. The van der Waals surface area contributed by atoms with Crippen molar-refractivity contribution in [3.05, 3.63) is 48.6 Å². The van der Waals surface area contributed by atoms with E-state index in [2.05, 4.69) is 62.5 Å². The molecular weight excluding hydrogens is 558 g/mol. The lowest BCUT2D eigenvalue weighted by Crippen LogP contribution is -2.55. The zero-order chi connectivity index (χ0) is 32.9. The van der Waals surface area contributed by atoms with Crippen molar-refractivity contribution < 1.29 is 38.2 Å². The fourth-order valence-electron chi connectivity index (χ4n) is 4.32. The molecule has 0 aliphatic heterocycles. The minimum absolute atomic E-state index is 0.0176. The average Bonchev–Trinajstić information content (AvgIpc) is 2.96. The molecule has 0 aromatic carbocycles. The predicted molar refractivity (Wildman–Crippen MR) is 176 cm³/mol. The number of hydrogen-bond donors (Lipinski definition) is 0. The summed E-state index contributed by atoms with van der Waals surface area (Å²) >= 11 is 0. The van der Waals surface area contributed by atoms with Crippen molar-refractivity contribution in [2.24, 2.45) is 0 Å². The number of rotatable bonds is 28. The van der Waals surface area contributed by atoms with Crippen LogP contribution in [0.2, 0.25) is 0 Å². The van der Waals surface area contributed by atoms with Crippen LogP contribution >= 0.6 is 0 Å². The van der Waals surface area contributed by atoms with Gasteiger partial charge >= 0.3 is 11.9 Å². The van der Waals surface area contributed by atoms with E-state index < -0.39 is 18.1 Å². The van der Waals surface area contributed by atoms with E-state index in [-0.39, 0.29) is 49.1 Å². The minimum Gasteiger partial charge on any atom is -0.544 e. The molecule has 0 heterocycles. The van der Waals surface area contributed by atoms with Gasteiger partial charge in [-0.3, -0.25) is 9.59 Å². The number of nitrogens with zero attached hydrogens (tertiary/aromatic N) is 1. The summed E-state index contributed by atoms with van der Waals surface area (Å²) in [6, 6.07) is -0.733. The molecule has 0 N–H and O–H groups in total. The molecule has 8 heteroatoms. The van der Waals surface area contributed by atoms with E-state index in [1.165, 1.54) is 12.8 Å². The van der Waals surface area contributed by atoms with Gasteiger partial charge < -0.3 is 28.6 Å². The number of carbonyl (C=O) groups is 3. The zero-order valence-electron chi connectivity index (χ0n) is 28.3. The van der Waals surface area contributed by atoms with E-state index in [0.717, 1.165) is 57.8 Å². The molecule has 44 heavy (non-hydrogen) atoms. The molecule has 0 aromatic heterocycles. The van der Waals surface area contributed by atoms with E-state index in [4.69, 9.17) is 14.2 Å². The van der Waals surface area contributed by atoms with Gasteiger partial charge in [-0.15, -0.1) is 0 Å². The normalized spacial score (nSPS) is 13.8. The van der Waals surface area contributed by atoms with Crippen molar-refractivity contribution in [3.63, 3.8) is 0 Å². The minimum atomic E-state index is -1.14. The third kappa shape index (κ3) is 25.8. The Hall–Kier alpha value is -2.71. The maximum absolute atomic E-state index is 12.5. The van der Waals surface area contributed by atoms with Gasteiger partial charge in [-0.2, -0.15) is 0 Å². The summed E-state index contributed by atoms with van der Waals surface area (Å²) in [7, 11) is 5.36. The summed E-state index contributed by atoms with van der Waals surface area (Å²) in [6.07, 6.45) is 28.7. The highest BCUT2D eigenvalue weighted by Crippen LogP contribution is 2.10. The molecule has 0 aliphatic carbocycles. The lowest BCUT2D eigenvalue weighted by atomic mass is 10.1. The number of carboxylic acids is 1. The van der Waals surface area contributed by atoms with E-state index >= 15 is 0 Å². The highest BCUT2D eigenvalue weighted by atomic mass is 16.6. The van der Waals surface area contributed by atoms with Crippen LogP contribution in [-0.2, 0) is 28.6 Å². The summed E-state index contributed by atoms with van der Waals surface area (Å²) in [5.41, 5.74) is 0. The van der Waals surface area contributed by atoms with Crippen molar-refractivity contribution in [1.29, 1.82) is 0 Å². The van der Waals surface area contributed by atoms with Gasteiger partial charge in [-0.1, -0.05) is 81.7 Å². The maximum atomic E-state index is 12.5. The third-order valence-corrected chi connectivity index (χ3v) is 6.98. The zero-order valence-corrected chi connectivity index (χ0v) is 28.3. The quantitative estimate of drug-likeness (QED) is 0.0328. The number of ether oxygens (including phenoxy) is 3. The van der Waals surface area contributed by atoms with Gasteiger partial charge in [0.05, 0.1) is 40.3 Å². The molecule has 8 nitrogen and oxygen atoms in total. The van der Waals surface area contributed by atoms with Gasteiger partial charge in [0, 0.05) is 19.3 Å². The first-order chi connectivity index (χ1) is 21.1. The van der Waals surface area contributed by atoms with Gasteiger partial charge in [0.25, 0.3) is 0 Å². The number of carbonyl (C=O) groups excluding carboxylic acids is 3. The first kappa shape index (κ1) is 41.3. The van der Waals surface area contributed by atoms with Gasteiger partial charge in [0.2, 0.25) is 0 Å². The number of quaternary nitrogens is 1. The van der Waals surface area contributed by atoms with Gasteiger partial charge in [0.15, 0.2) is 6.10 Å². The molecular formula is C36H61NO7. The van der Waals surface area contributed by atoms with Crippen molar-refractivity contribution in [1.82, 2.24) is 0 Å². The van der Waals surface area contributed by atoms with Crippen LogP contribution < -0.4 is 5.11 Å². The van der Waals surface area contributed by atoms with Crippen LogP contribution in [0, 0.1) is 0 Å². The second-order valence-corrected chi connectivity index (χ2v) is 12.0. The van der Waals surface area contributed by atoms with Crippen molar-refractivity contribution in [3.8, 4) is 0 Å². The number of likely N-dealkylation sites (N-methyl/N-ethyl adjacent to an activating group) is 1.